The first-order valence-corrected chi connectivity index (χ1v) is 6.59. The lowest BCUT2D eigenvalue weighted by atomic mass is 10.3. The Kier molecular flexibility index (Phi) is 6.11. The molecule has 1 aromatic heterocycles. The Morgan fingerprint density at radius 3 is 2.88 bits per heavy atom. The van der Waals surface area contributed by atoms with Crippen LogP contribution in [0, 0.1) is 0 Å². The van der Waals surface area contributed by atoms with E-state index in [4.69, 9.17) is 0 Å². The molecular formula is C12H20N2OS. The van der Waals surface area contributed by atoms with E-state index in [1.807, 2.05) is 6.07 Å². The van der Waals surface area contributed by atoms with Crippen LogP contribution in [-0.2, 0) is 11.2 Å². The van der Waals surface area contributed by atoms with Gasteiger partial charge in [0.2, 0.25) is 5.91 Å². The molecule has 0 bridgehead atoms. The molecule has 1 heterocycles. The van der Waals surface area contributed by atoms with Crippen molar-refractivity contribution in [2.75, 3.05) is 13.1 Å². The van der Waals surface area contributed by atoms with Crippen LogP contribution < -0.4 is 10.6 Å². The summed E-state index contributed by atoms with van der Waals surface area (Å²) in [6, 6.07) is 4.57. The Morgan fingerprint density at radius 1 is 1.44 bits per heavy atom. The van der Waals surface area contributed by atoms with Crippen molar-refractivity contribution in [1.29, 1.82) is 0 Å². The van der Waals surface area contributed by atoms with Crippen LogP contribution >= 0.6 is 11.3 Å². The number of thiophene rings is 1. The maximum Gasteiger partial charge on any atom is 0.221 e. The monoisotopic (exact) mass is 240 g/mol. The van der Waals surface area contributed by atoms with Crippen molar-refractivity contribution in [2.45, 2.75) is 32.7 Å². The molecule has 16 heavy (non-hydrogen) atoms. The van der Waals surface area contributed by atoms with Crippen LogP contribution in [0.2, 0.25) is 0 Å². The Balaban J connectivity index is 2.02. The quantitative estimate of drug-likeness (QED) is 0.763. The molecule has 0 radical (unpaired) electrons. The second kappa shape index (κ2) is 7.41. The lowest BCUT2D eigenvalue weighted by Crippen LogP contribution is -2.31. The first-order chi connectivity index (χ1) is 7.68. The average molecular weight is 240 g/mol. The molecule has 1 amide bonds. The highest BCUT2D eigenvalue weighted by Gasteiger charge is 2.01. The summed E-state index contributed by atoms with van der Waals surface area (Å²) >= 11 is 1.73. The zero-order valence-corrected chi connectivity index (χ0v) is 10.8. The fourth-order valence-electron chi connectivity index (χ4n) is 1.34. The van der Waals surface area contributed by atoms with Crippen LogP contribution in [0.1, 0.15) is 25.1 Å². The summed E-state index contributed by atoms with van der Waals surface area (Å²) in [7, 11) is 0. The fraction of sp³-hybridized carbons (Fsp3) is 0.583. The first kappa shape index (κ1) is 13.2. The predicted molar refractivity (Wildman–Crippen MR) is 68.8 cm³/mol. The number of hydrogen-bond donors (Lipinski definition) is 2. The van der Waals surface area contributed by atoms with Crippen molar-refractivity contribution in [3.8, 4) is 0 Å². The van der Waals surface area contributed by atoms with E-state index in [2.05, 4.69) is 35.9 Å². The summed E-state index contributed by atoms with van der Waals surface area (Å²) in [5, 5.41) is 8.20. The van der Waals surface area contributed by atoms with E-state index < -0.39 is 0 Å². The second-order valence-corrected chi connectivity index (χ2v) is 5.07. The molecule has 4 heteroatoms. The van der Waals surface area contributed by atoms with Crippen molar-refractivity contribution >= 4 is 17.2 Å². The van der Waals surface area contributed by atoms with Gasteiger partial charge in [0, 0.05) is 30.4 Å². The van der Waals surface area contributed by atoms with Crippen LogP contribution in [-0.4, -0.2) is 25.0 Å². The molecule has 0 saturated heterocycles. The van der Waals surface area contributed by atoms with E-state index in [9.17, 15) is 4.79 Å². The minimum Gasteiger partial charge on any atom is -0.356 e. The Labute approximate surface area is 101 Å². The van der Waals surface area contributed by atoms with Gasteiger partial charge in [0.15, 0.2) is 0 Å². The van der Waals surface area contributed by atoms with Gasteiger partial charge in [-0.25, -0.2) is 0 Å². The van der Waals surface area contributed by atoms with Gasteiger partial charge in [-0.1, -0.05) is 19.9 Å². The maximum atomic E-state index is 11.4. The molecule has 0 unspecified atom stereocenters. The number of amides is 1. The third-order valence-electron chi connectivity index (χ3n) is 2.18. The van der Waals surface area contributed by atoms with Gasteiger partial charge in [0.05, 0.1) is 0 Å². The van der Waals surface area contributed by atoms with Crippen molar-refractivity contribution in [2.24, 2.45) is 0 Å². The molecule has 3 nitrogen and oxygen atoms in total. The highest BCUT2D eigenvalue weighted by Crippen LogP contribution is 2.07. The van der Waals surface area contributed by atoms with Gasteiger partial charge in [-0.2, -0.15) is 0 Å². The molecule has 0 spiro atoms. The van der Waals surface area contributed by atoms with Crippen LogP contribution in [0.15, 0.2) is 17.5 Å². The molecule has 1 aromatic rings. The molecule has 0 aliphatic carbocycles. The molecule has 0 fully saturated rings. The molecule has 2 N–H and O–H groups in total. The minimum atomic E-state index is 0.129. The van der Waals surface area contributed by atoms with Crippen LogP contribution in [0.4, 0.5) is 0 Å². The van der Waals surface area contributed by atoms with Crippen LogP contribution in [0.25, 0.3) is 0 Å². The normalized spacial score (nSPS) is 10.7. The average Bonchev–Trinajstić information content (AvgIpc) is 2.70. The summed E-state index contributed by atoms with van der Waals surface area (Å²) in [6.45, 7) is 5.65. The van der Waals surface area contributed by atoms with E-state index in [1.165, 1.54) is 4.88 Å². The van der Waals surface area contributed by atoms with E-state index in [-0.39, 0.29) is 5.91 Å². The number of hydrogen-bond acceptors (Lipinski definition) is 3. The summed E-state index contributed by atoms with van der Waals surface area (Å²) in [6.07, 6.45) is 1.49. The number of nitrogens with one attached hydrogen (secondary N) is 2. The van der Waals surface area contributed by atoms with Crippen molar-refractivity contribution in [3.63, 3.8) is 0 Å². The lowest BCUT2D eigenvalue weighted by molar-refractivity contribution is -0.120. The second-order valence-electron chi connectivity index (χ2n) is 4.04. The van der Waals surface area contributed by atoms with E-state index in [0.717, 1.165) is 19.5 Å². The van der Waals surface area contributed by atoms with Gasteiger partial charge in [-0.05, 0) is 17.9 Å². The Hall–Kier alpha value is -0.870. The van der Waals surface area contributed by atoms with E-state index >= 15 is 0 Å². The van der Waals surface area contributed by atoms with Gasteiger partial charge < -0.3 is 10.6 Å². The smallest absolute Gasteiger partial charge is 0.221 e. The minimum absolute atomic E-state index is 0.129. The van der Waals surface area contributed by atoms with Gasteiger partial charge in [0.25, 0.3) is 0 Å². The molecule has 0 aromatic carbocycles. The molecular weight excluding hydrogens is 220 g/mol. The topological polar surface area (TPSA) is 41.1 Å². The standard InChI is InChI=1S/C12H20N2OS/c1-10(2)13-8-6-12(15)14-7-5-11-4-3-9-16-11/h3-4,9-10,13H,5-8H2,1-2H3,(H,14,15). The Bertz CT molecular complexity index is 296. The first-order valence-electron chi connectivity index (χ1n) is 5.71. The zero-order valence-electron chi connectivity index (χ0n) is 9.95. The number of carbonyl (C=O) groups excluding carboxylic acids is 1. The Morgan fingerprint density at radius 2 is 2.25 bits per heavy atom. The largest absolute Gasteiger partial charge is 0.356 e. The van der Waals surface area contributed by atoms with Crippen molar-refractivity contribution in [1.82, 2.24) is 10.6 Å². The SMILES string of the molecule is CC(C)NCCC(=O)NCCc1cccs1. The zero-order chi connectivity index (χ0) is 11.8. The van der Waals surface area contributed by atoms with E-state index in [0.29, 0.717) is 12.5 Å². The molecule has 0 saturated carbocycles. The number of carbonyl (C=O) groups is 1. The molecule has 0 aliphatic heterocycles. The highest BCUT2D eigenvalue weighted by molar-refractivity contribution is 7.09. The van der Waals surface area contributed by atoms with Gasteiger partial charge in [-0.15, -0.1) is 11.3 Å². The van der Waals surface area contributed by atoms with E-state index in [1.54, 1.807) is 11.3 Å². The molecule has 90 valence electrons. The molecule has 0 aliphatic rings. The van der Waals surface area contributed by atoms with Gasteiger partial charge >= 0.3 is 0 Å². The maximum absolute atomic E-state index is 11.4. The number of rotatable bonds is 7. The summed E-state index contributed by atoms with van der Waals surface area (Å²) < 4.78 is 0. The van der Waals surface area contributed by atoms with Crippen molar-refractivity contribution < 1.29 is 4.79 Å². The molecule has 0 atom stereocenters. The van der Waals surface area contributed by atoms with Gasteiger partial charge in [-0.3, -0.25) is 4.79 Å². The van der Waals surface area contributed by atoms with Crippen molar-refractivity contribution in [3.05, 3.63) is 22.4 Å². The third-order valence-corrected chi connectivity index (χ3v) is 3.11. The van der Waals surface area contributed by atoms with Crippen LogP contribution in [0.3, 0.4) is 0 Å². The lowest BCUT2D eigenvalue weighted by Gasteiger charge is -2.08. The fourth-order valence-corrected chi connectivity index (χ4v) is 2.05. The van der Waals surface area contributed by atoms with Crippen LogP contribution in [0.5, 0.6) is 0 Å². The summed E-state index contributed by atoms with van der Waals surface area (Å²) in [5.41, 5.74) is 0. The predicted octanol–water partition coefficient (Wildman–Crippen LogP) is 1.79. The third kappa shape index (κ3) is 5.88. The summed E-state index contributed by atoms with van der Waals surface area (Å²) in [5.74, 6) is 0.129. The highest BCUT2D eigenvalue weighted by atomic mass is 32.1. The molecule has 1 rings (SSSR count). The summed E-state index contributed by atoms with van der Waals surface area (Å²) in [4.78, 5) is 12.7. The van der Waals surface area contributed by atoms with Gasteiger partial charge in [0.1, 0.15) is 0 Å².